The number of hydrogen-bond donors (Lipinski definition) is 2. The molecule has 0 saturated heterocycles. The van der Waals surface area contributed by atoms with Crippen molar-refractivity contribution in [3.63, 3.8) is 0 Å². The number of benzene rings is 1. The third-order valence-corrected chi connectivity index (χ3v) is 2.38. The van der Waals surface area contributed by atoms with Gasteiger partial charge in [-0.1, -0.05) is 29.3 Å². The summed E-state index contributed by atoms with van der Waals surface area (Å²) < 4.78 is 0. The van der Waals surface area contributed by atoms with Crippen molar-refractivity contribution >= 4 is 29.1 Å². The number of aliphatic hydroxyl groups excluding tert-OH is 1. The molecule has 0 atom stereocenters. The third-order valence-electron chi connectivity index (χ3n) is 1.67. The number of halogens is 2. The fraction of sp³-hybridized carbons (Fsp3) is 0.222. The molecule has 1 aromatic rings. The van der Waals surface area contributed by atoms with E-state index in [1.807, 2.05) is 0 Å². The normalized spacial score (nSPS) is 9.93. The van der Waals surface area contributed by atoms with Gasteiger partial charge in [0, 0.05) is 22.2 Å². The number of rotatable bonds is 3. The Morgan fingerprint density at radius 1 is 1.36 bits per heavy atom. The topological polar surface area (TPSA) is 49.3 Å². The number of nitrogens with one attached hydrogen (secondary N) is 1. The second-order valence-electron chi connectivity index (χ2n) is 2.64. The van der Waals surface area contributed by atoms with E-state index in [0.29, 0.717) is 15.6 Å². The molecule has 1 aromatic carbocycles. The van der Waals surface area contributed by atoms with Gasteiger partial charge >= 0.3 is 0 Å². The molecular formula is C9H9Cl2NO2. The van der Waals surface area contributed by atoms with E-state index in [-0.39, 0.29) is 6.54 Å². The number of amides is 1. The lowest BCUT2D eigenvalue weighted by molar-refractivity contribution is -0.123. The molecule has 0 aromatic heterocycles. The van der Waals surface area contributed by atoms with Gasteiger partial charge in [-0.3, -0.25) is 4.79 Å². The molecule has 0 radical (unpaired) electrons. The van der Waals surface area contributed by atoms with Gasteiger partial charge in [-0.25, -0.2) is 0 Å². The van der Waals surface area contributed by atoms with Crippen molar-refractivity contribution in [3.8, 4) is 0 Å². The van der Waals surface area contributed by atoms with Crippen LogP contribution in [0.1, 0.15) is 5.56 Å². The Bertz CT molecular complexity index is 321. The van der Waals surface area contributed by atoms with Crippen molar-refractivity contribution in [1.29, 1.82) is 0 Å². The minimum atomic E-state index is -0.540. The first kappa shape index (κ1) is 11.3. The molecule has 76 valence electrons. The molecule has 0 saturated carbocycles. The van der Waals surface area contributed by atoms with Crippen LogP contribution in [-0.4, -0.2) is 17.6 Å². The van der Waals surface area contributed by atoms with E-state index >= 15 is 0 Å². The maximum absolute atomic E-state index is 10.8. The minimum Gasteiger partial charge on any atom is -0.387 e. The minimum absolute atomic E-state index is 0.220. The lowest BCUT2D eigenvalue weighted by Crippen LogP contribution is -2.25. The summed E-state index contributed by atoms with van der Waals surface area (Å²) in [4.78, 5) is 10.8. The highest BCUT2D eigenvalue weighted by molar-refractivity contribution is 6.36. The van der Waals surface area contributed by atoms with Crippen molar-refractivity contribution < 1.29 is 9.90 Å². The Morgan fingerprint density at radius 2 is 1.93 bits per heavy atom. The molecule has 14 heavy (non-hydrogen) atoms. The molecule has 1 rings (SSSR count). The van der Waals surface area contributed by atoms with E-state index in [2.05, 4.69) is 5.32 Å². The first-order valence-corrected chi connectivity index (χ1v) is 4.71. The molecule has 2 N–H and O–H groups in total. The van der Waals surface area contributed by atoms with Crippen molar-refractivity contribution in [2.45, 2.75) is 6.54 Å². The maximum Gasteiger partial charge on any atom is 0.245 e. The smallest absolute Gasteiger partial charge is 0.245 e. The summed E-state index contributed by atoms with van der Waals surface area (Å²) >= 11 is 11.7. The molecule has 0 spiro atoms. The van der Waals surface area contributed by atoms with Crippen molar-refractivity contribution in [1.82, 2.24) is 5.32 Å². The van der Waals surface area contributed by atoms with Gasteiger partial charge in [0.25, 0.3) is 0 Å². The predicted molar refractivity (Wildman–Crippen MR) is 55.4 cm³/mol. The van der Waals surface area contributed by atoms with Crippen molar-refractivity contribution in [2.24, 2.45) is 0 Å². The molecule has 0 aliphatic heterocycles. The first-order valence-electron chi connectivity index (χ1n) is 3.95. The van der Waals surface area contributed by atoms with Crippen LogP contribution >= 0.6 is 23.2 Å². The summed E-state index contributed by atoms with van der Waals surface area (Å²) in [6, 6.07) is 5.10. The van der Waals surface area contributed by atoms with Gasteiger partial charge in [0.2, 0.25) is 5.91 Å². The van der Waals surface area contributed by atoms with Gasteiger partial charge < -0.3 is 10.4 Å². The van der Waals surface area contributed by atoms with Gasteiger partial charge in [-0.05, 0) is 12.1 Å². The average molecular weight is 234 g/mol. The van der Waals surface area contributed by atoms with E-state index in [9.17, 15) is 4.79 Å². The highest BCUT2D eigenvalue weighted by Gasteiger charge is 2.06. The van der Waals surface area contributed by atoms with Crippen LogP contribution in [0.3, 0.4) is 0 Å². The van der Waals surface area contributed by atoms with Crippen LogP contribution < -0.4 is 5.32 Å². The van der Waals surface area contributed by atoms with Crippen LogP contribution in [-0.2, 0) is 11.3 Å². The van der Waals surface area contributed by atoms with Crippen molar-refractivity contribution in [3.05, 3.63) is 33.8 Å². The van der Waals surface area contributed by atoms with E-state index in [1.165, 1.54) is 0 Å². The Morgan fingerprint density at radius 3 is 2.43 bits per heavy atom. The van der Waals surface area contributed by atoms with Crippen LogP contribution in [0.2, 0.25) is 10.0 Å². The monoisotopic (exact) mass is 233 g/mol. The summed E-state index contributed by atoms with van der Waals surface area (Å²) in [6.45, 7) is -0.319. The van der Waals surface area contributed by atoms with Gasteiger partial charge in [-0.2, -0.15) is 0 Å². The zero-order chi connectivity index (χ0) is 10.6. The maximum atomic E-state index is 10.8. The highest BCUT2D eigenvalue weighted by Crippen LogP contribution is 2.23. The van der Waals surface area contributed by atoms with Gasteiger partial charge in [-0.15, -0.1) is 0 Å². The molecular weight excluding hydrogens is 225 g/mol. The van der Waals surface area contributed by atoms with Gasteiger partial charge in [0.05, 0.1) is 0 Å². The zero-order valence-corrected chi connectivity index (χ0v) is 8.77. The highest BCUT2D eigenvalue weighted by atomic mass is 35.5. The molecule has 0 unspecified atom stereocenters. The molecule has 3 nitrogen and oxygen atoms in total. The SMILES string of the molecule is O=C(CO)NCc1c(Cl)cccc1Cl. The van der Waals surface area contributed by atoms with Crippen LogP contribution in [0.25, 0.3) is 0 Å². The molecule has 0 fully saturated rings. The second kappa shape index (κ2) is 5.20. The van der Waals surface area contributed by atoms with Crippen LogP contribution in [0.5, 0.6) is 0 Å². The number of hydrogen-bond acceptors (Lipinski definition) is 2. The van der Waals surface area contributed by atoms with Crippen LogP contribution in [0.4, 0.5) is 0 Å². The third kappa shape index (κ3) is 2.87. The van der Waals surface area contributed by atoms with E-state index in [1.54, 1.807) is 18.2 Å². The van der Waals surface area contributed by atoms with Crippen LogP contribution in [0.15, 0.2) is 18.2 Å². The zero-order valence-electron chi connectivity index (χ0n) is 7.26. The summed E-state index contributed by atoms with van der Waals surface area (Å²) in [5, 5.41) is 11.9. The lowest BCUT2D eigenvalue weighted by atomic mass is 10.2. The summed E-state index contributed by atoms with van der Waals surface area (Å²) in [7, 11) is 0. The van der Waals surface area contributed by atoms with Crippen molar-refractivity contribution in [2.75, 3.05) is 6.61 Å². The molecule has 0 aliphatic carbocycles. The number of carbonyl (C=O) groups excluding carboxylic acids is 1. The second-order valence-corrected chi connectivity index (χ2v) is 3.45. The van der Waals surface area contributed by atoms with E-state index in [4.69, 9.17) is 28.3 Å². The fourth-order valence-electron chi connectivity index (χ4n) is 0.944. The Kier molecular flexibility index (Phi) is 4.20. The molecule has 1 amide bonds. The average Bonchev–Trinajstić information content (AvgIpc) is 2.16. The Hall–Kier alpha value is -0.770. The summed E-state index contributed by atoms with van der Waals surface area (Å²) in [6.07, 6.45) is 0. The standard InChI is InChI=1S/C9H9Cl2NO2/c10-7-2-1-3-8(11)6(7)4-12-9(14)5-13/h1-3,13H,4-5H2,(H,12,14). The fourth-order valence-corrected chi connectivity index (χ4v) is 1.48. The molecule has 0 heterocycles. The van der Waals surface area contributed by atoms with Gasteiger partial charge in [0.15, 0.2) is 0 Å². The predicted octanol–water partition coefficient (Wildman–Crippen LogP) is 1.60. The largest absolute Gasteiger partial charge is 0.387 e. The van der Waals surface area contributed by atoms with Gasteiger partial charge in [0.1, 0.15) is 6.61 Å². The lowest BCUT2D eigenvalue weighted by Gasteiger charge is -2.07. The molecule has 5 heteroatoms. The quantitative estimate of drug-likeness (QED) is 0.834. The Labute approximate surface area is 91.6 Å². The molecule has 0 bridgehead atoms. The van der Waals surface area contributed by atoms with E-state index < -0.39 is 12.5 Å². The summed E-state index contributed by atoms with van der Waals surface area (Å²) in [5.41, 5.74) is 0.651. The number of aliphatic hydroxyl groups is 1. The number of carbonyl (C=O) groups is 1. The van der Waals surface area contributed by atoms with E-state index in [0.717, 1.165) is 0 Å². The summed E-state index contributed by atoms with van der Waals surface area (Å²) in [5.74, 6) is -0.457. The molecule has 0 aliphatic rings. The first-order chi connectivity index (χ1) is 6.65. The Balaban J connectivity index is 2.71. The van der Waals surface area contributed by atoms with Crippen LogP contribution in [0, 0.1) is 0 Å².